The summed E-state index contributed by atoms with van der Waals surface area (Å²) >= 11 is 0. The first kappa shape index (κ1) is 16.8. The summed E-state index contributed by atoms with van der Waals surface area (Å²) in [4.78, 5) is 23.1. The summed E-state index contributed by atoms with van der Waals surface area (Å²) in [5.41, 5.74) is -0.622. The minimum Gasteiger partial charge on any atom is -0.504 e. The third-order valence-electron chi connectivity index (χ3n) is 3.58. The molecule has 2 aromatic carbocycles. The molecule has 0 radical (unpaired) electrons. The second kappa shape index (κ2) is 6.47. The molecule has 0 atom stereocenters. The van der Waals surface area contributed by atoms with Crippen LogP contribution < -0.4 is 4.74 Å². The fourth-order valence-electron chi connectivity index (χ4n) is 2.30. The van der Waals surface area contributed by atoms with Crippen LogP contribution in [0.5, 0.6) is 11.5 Å². The molecule has 11 heteroatoms. The number of fused-ring (bicyclic) bond motifs is 1. The van der Waals surface area contributed by atoms with Gasteiger partial charge in [0.2, 0.25) is 0 Å². The van der Waals surface area contributed by atoms with E-state index in [0.717, 1.165) is 18.2 Å². The molecule has 2 N–H and O–H groups in total. The largest absolute Gasteiger partial charge is 0.504 e. The number of ether oxygens (including phenoxy) is 1. The van der Waals surface area contributed by atoms with Gasteiger partial charge in [-0.05, 0) is 24.3 Å². The summed E-state index contributed by atoms with van der Waals surface area (Å²) in [6, 6.07) is 7.93. The van der Waals surface area contributed by atoms with E-state index in [1.165, 1.54) is 7.11 Å². The molecule has 0 aliphatic carbocycles. The molecule has 0 spiro atoms. The number of aromatic nitrogens is 1. The second-order valence-corrected chi connectivity index (χ2v) is 5.12. The van der Waals surface area contributed by atoms with Crippen molar-refractivity contribution in [2.24, 2.45) is 10.2 Å². The molecule has 132 valence electrons. The van der Waals surface area contributed by atoms with Crippen molar-refractivity contribution in [2.45, 2.75) is 0 Å². The first-order valence-corrected chi connectivity index (χ1v) is 7.14. The third kappa shape index (κ3) is 3.00. The molecule has 26 heavy (non-hydrogen) atoms. The maximum absolute atomic E-state index is 11.1. The molecule has 0 fully saturated rings. The van der Waals surface area contributed by atoms with Crippen molar-refractivity contribution >= 4 is 33.8 Å². The zero-order valence-corrected chi connectivity index (χ0v) is 13.2. The van der Waals surface area contributed by atoms with Crippen molar-refractivity contribution < 1.29 is 19.7 Å². The van der Waals surface area contributed by atoms with Crippen LogP contribution in [0.25, 0.3) is 10.9 Å². The van der Waals surface area contributed by atoms with Crippen molar-refractivity contribution in [2.75, 3.05) is 7.11 Å². The minimum atomic E-state index is -0.794. The topological polar surface area (TPSA) is 156 Å². The lowest BCUT2D eigenvalue weighted by Gasteiger charge is -1.98. The van der Waals surface area contributed by atoms with Gasteiger partial charge in [-0.1, -0.05) is 0 Å². The zero-order chi connectivity index (χ0) is 18.8. The number of nitrogens with zero attached hydrogens (tertiary/aromatic N) is 4. The van der Waals surface area contributed by atoms with Crippen molar-refractivity contribution in [3.63, 3.8) is 0 Å². The summed E-state index contributed by atoms with van der Waals surface area (Å²) in [6.07, 6.45) is 0. The van der Waals surface area contributed by atoms with Gasteiger partial charge in [0, 0.05) is 11.5 Å². The molecule has 0 amide bonds. The average Bonchev–Trinajstić information content (AvgIpc) is 2.94. The highest BCUT2D eigenvalue weighted by molar-refractivity contribution is 5.92. The van der Waals surface area contributed by atoms with Crippen LogP contribution in [0.4, 0.5) is 22.9 Å². The number of hydrogen-bond acceptors (Lipinski definition) is 8. The first-order valence-electron chi connectivity index (χ1n) is 7.14. The number of benzene rings is 2. The SMILES string of the molecule is COc1ccc2[nH]c(N=Nc3ccc([N+](=O)[O-])cc3[N+](=O)[O-])c(O)c2c1. The number of H-pyrrole nitrogens is 1. The van der Waals surface area contributed by atoms with Gasteiger partial charge in [-0.3, -0.25) is 20.2 Å². The molecule has 0 saturated heterocycles. The number of methoxy groups -OCH3 is 1. The number of aromatic hydroxyl groups is 1. The number of nitrogens with one attached hydrogen (secondary N) is 1. The zero-order valence-electron chi connectivity index (χ0n) is 13.2. The van der Waals surface area contributed by atoms with Gasteiger partial charge in [0.25, 0.3) is 5.69 Å². The number of hydrogen-bond donors (Lipinski definition) is 2. The van der Waals surface area contributed by atoms with Crippen LogP contribution in [0, 0.1) is 20.2 Å². The van der Waals surface area contributed by atoms with E-state index in [2.05, 4.69) is 15.2 Å². The number of nitro benzene ring substituents is 2. The van der Waals surface area contributed by atoms with Crippen LogP contribution in [0.2, 0.25) is 0 Å². The van der Waals surface area contributed by atoms with E-state index in [-0.39, 0.29) is 17.3 Å². The highest BCUT2D eigenvalue weighted by atomic mass is 16.6. The van der Waals surface area contributed by atoms with Crippen LogP contribution >= 0.6 is 0 Å². The lowest BCUT2D eigenvalue weighted by Crippen LogP contribution is -1.92. The summed E-state index contributed by atoms with van der Waals surface area (Å²) in [7, 11) is 1.49. The van der Waals surface area contributed by atoms with Crippen LogP contribution in [-0.4, -0.2) is 27.0 Å². The van der Waals surface area contributed by atoms with E-state index in [4.69, 9.17) is 4.74 Å². The Hall–Kier alpha value is -4.02. The Morgan fingerprint density at radius 3 is 2.50 bits per heavy atom. The normalized spacial score (nSPS) is 11.1. The van der Waals surface area contributed by atoms with Gasteiger partial charge >= 0.3 is 5.69 Å². The van der Waals surface area contributed by atoms with Crippen LogP contribution in [0.1, 0.15) is 0 Å². The number of nitro groups is 2. The first-order chi connectivity index (χ1) is 12.4. The molecule has 0 bridgehead atoms. The Kier molecular flexibility index (Phi) is 4.19. The van der Waals surface area contributed by atoms with Gasteiger partial charge in [-0.15, -0.1) is 10.2 Å². The standard InChI is InChI=1S/C15H11N5O6/c1-26-9-3-5-11-10(7-9)14(21)15(16-11)18-17-12-4-2-8(19(22)23)6-13(12)20(24)25/h2-7,16,21H,1H3. The number of rotatable bonds is 5. The van der Waals surface area contributed by atoms with Gasteiger partial charge in [0.1, 0.15) is 5.75 Å². The molecule has 0 saturated carbocycles. The monoisotopic (exact) mass is 357 g/mol. The summed E-state index contributed by atoms with van der Waals surface area (Å²) < 4.78 is 5.08. The summed E-state index contributed by atoms with van der Waals surface area (Å²) in [5, 5.41) is 40.0. The van der Waals surface area contributed by atoms with Gasteiger partial charge < -0.3 is 14.8 Å². The highest BCUT2D eigenvalue weighted by Crippen LogP contribution is 2.38. The van der Waals surface area contributed by atoms with Crippen LogP contribution in [-0.2, 0) is 0 Å². The van der Waals surface area contributed by atoms with Gasteiger partial charge in [-0.25, -0.2) is 0 Å². The van der Waals surface area contributed by atoms with Crippen molar-refractivity contribution in [3.05, 3.63) is 56.6 Å². The average molecular weight is 357 g/mol. The van der Waals surface area contributed by atoms with Crippen LogP contribution in [0.15, 0.2) is 46.6 Å². The summed E-state index contributed by atoms with van der Waals surface area (Å²) in [6.45, 7) is 0. The third-order valence-corrected chi connectivity index (χ3v) is 3.58. The molecule has 3 rings (SSSR count). The van der Waals surface area contributed by atoms with E-state index < -0.39 is 21.2 Å². The molecular weight excluding hydrogens is 346 g/mol. The fraction of sp³-hybridized carbons (Fsp3) is 0.0667. The van der Waals surface area contributed by atoms with Crippen molar-refractivity contribution in [1.82, 2.24) is 4.98 Å². The lowest BCUT2D eigenvalue weighted by molar-refractivity contribution is -0.393. The van der Waals surface area contributed by atoms with Gasteiger partial charge in [0.15, 0.2) is 17.3 Å². The van der Waals surface area contributed by atoms with Gasteiger partial charge in [-0.2, -0.15) is 0 Å². The molecule has 3 aromatic rings. The Balaban J connectivity index is 2.02. The maximum atomic E-state index is 11.1. The van der Waals surface area contributed by atoms with Gasteiger partial charge in [0.05, 0.1) is 28.5 Å². The summed E-state index contributed by atoms with van der Waals surface area (Å²) in [5.74, 6) is 0.314. The van der Waals surface area contributed by atoms with E-state index in [0.29, 0.717) is 16.7 Å². The molecule has 1 heterocycles. The Bertz CT molecular complexity index is 1060. The Morgan fingerprint density at radius 2 is 1.85 bits per heavy atom. The van der Waals surface area contributed by atoms with E-state index in [9.17, 15) is 25.3 Å². The minimum absolute atomic E-state index is 0.0131. The second-order valence-electron chi connectivity index (χ2n) is 5.12. The molecular formula is C15H11N5O6. The maximum Gasteiger partial charge on any atom is 0.303 e. The van der Waals surface area contributed by atoms with E-state index in [1.807, 2.05) is 0 Å². The molecule has 0 unspecified atom stereocenters. The molecule has 1 aromatic heterocycles. The van der Waals surface area contributed by atoms with Crippen LogP contribution in [0.3, 0.4) is 0 Å². The fourth-order valence-corrected chi connectivity index (χ4v) is 2.30. The molecule has 11 nitrogen and oxygen atoms in total. The Labute approximate surface area is 144 Å². The van der Waals surface area contributed by atoms with E-state index in [1.54, 1.807) is 18.2 Å². The number of non-ortho nitro benzene ring substituents is 1. The number of azo groups is 1. The molecule has 0 aliphatic heterocycles. The lowest BCUT2D eigenvalue weighted by atomic mass is 10.2. The highest BCUT2D eigenvalue weighted by Gasteiger charge is 2.20. The molecule has 0 aliphatic rings. The number of aromatic amines is 1. The predicted molar refractivity (Wildman–Crippen MR) is 90.4 cm³/mol. The van der Waals surface area contributed by atoms with Crippen molar-refractivity contribution in [1.29, 1.82) is 0 Å². The smallest absolute Gasteiger partial charge is 0.303 e. The quantitative estimate of drug-likeness (QED) is 0.397. The van der Waals surface area contributed by atoms with E-state index >= 15 is 0 Å². The predicted octanol–water partition coefficient (Wildman–Crippen LogP) is 4.11. The van der Waals surface area contributed by atoms with Crippen molar-refractivity contribution in [3.8, 4) is 11.5 Å². The Morgan fingerprint density at radius 1 is 1.08 bits per heavy atom.